The average Bonchev–Trinajstić information content (AvgIpc) is 2.66. The molecule has 7 nitrogen and oxygen atoms in total. The molecule has 1 unspecified atom stereocenters. The van der Waals surface area contributed by atoms with Crippen molar-refractivity contribution in [2.45, 2.75) is 20.0 Å². The van der Waals surface area contributed by atoms with E-state index >= 15 is 0 Å². The molecule has 0 aliphatic carbocycles. The van der Waals surface area contributed by atoms with Crippen LogP contribution in [0.4, 0.5) is 0 Å². The molecule has 0 aliphatic rings. The molecule has 1 atom stereocenters. The predicted molar refractivity (Wildman–Crippen MR) is 115 cm³/mol. The Bertz CT molecular complexity index is 911. The van der Waals surface area contributed by atoms with E-state index in [1.807, 2.05) is 19.1 Å². The predicted octanol–water partition coefficient (Wildman–Crippen LogP) is 3.17. The minimum atomic E-state index is -0.885. The third-order valence-electron chi connectivity index (χ3n) is 3.48. The molecule has 0 aliphatic heterocycles. The van der Waals surface area contributed by atoms with E-state index < -0.39 is 17.9 Å². The van der Waals surface area contributed by atoms with Crippen molar-refractivity contribution in [1.82, 2.24) is 16.2 Å². The highest BCUT2D eigenvalue weighted by Gasteiger charge is 2.17. The highest BCUT2D eigenvalue weighted by Crippen LogP contribution is 2.28. The van der Waals surface area contributed by atoms with Gasteiger partial charge in [-0.25, -0.2) is 0 Å². The zero-order chi connectivity index (χ0) is 21.4. The van der Waals surface area contributed by atoms with Gasteiger partial charge >= 0.3 is 0 Å². The van der Waals surface area contributed by atoms with Gasteiger partial charge in [-0.3, -0.25) is 25.8 Å². The van der Waals surface area contributed by atoms with Crippen molar-refractivity contribution in [3.63, 3.8) is 0 Å². The Morgan fingerprint density at radius 3 is 2.59 bits per heavy atom. The molecule has 0 aromatic heterocycles. The van der Waals surface area contributed by atoms with Crippen molar-refractivity contribution in [3.8, 4) is 11.5 Å². The van der Waals surface area contributed by atoms with E-state index in [1.165, 1.54) is 13.0 Å². The number of carbonyl (C=O) groups is 2. The minimum Gasteiger partial charge on any atom is -0.484 e. The zero-order valence-electron chi connectivity index (χ0n) is 15.6. The van der Waals surface area contributed by atoms with Gasteiger partial charge in [-0.1, -0.05) is 35.3 Å². The van der Waals surface area contributed by atoms with Crippen LogP contribution < -0.4 is 25.6 Å². The van der Waals surface area contributed by atoms with Gasteiger partial charge in [-0.2, -0.15) is 0 Å². The standard InChI is InChI=1S/C19H19Cl2N3O4S/c1-11-4-3-5-14(8-11)27-10-17(25)22-19(29)24-23-18(26)12(2)28-16-7-6-13(20)9-15(16)21/h3-9,12H,10H2,1-2H3,(H,23,26)(H2,22,24,25,29). The summed E-state index contributed by atoms with van der Waals surface area (Å²) in [7, 11) is 0. The van der Waals surface area contributed by atoms with Crippen molar-refractivity contribution in [1.29, 1.82) is 0 Å². The molecule has 29 heavy (non-hydrogen) atoms. The van der Waals surface area contributed by atoms with E-state index in [0.717, 1.165) is 5.56 Å². The van der Waals surface area contributed by atoms with Gasteiger partial charge in [0, 0.05) is 5.02 Å². The van der Waals surface area contributed by atoms with Crippen LogP contribution in [0.25, 0.3) is 0 Å². The van der Waals surface area contributed by atoms with Gasteiger partial charge < -0.3 is 9.47 Å². The summed E-state index contributed by atoms with van der Waals surface area (Å²) >= 11 is 16.8. The van der Waals surface area contributed by atoms with Gasteiger partial charge in [0.25, 0.3) is 11.8 Å². The third kappa shape index (κ3) is 7.77. The van der Waals surface area contributed by atoms with E-state index in [0.29, 0.717) is 16.5 Å². The van der Waals surface area contributed by atoms with Crippen LogP contribution in [0.5, 0.6) is 11.5 Å². The Labute approximate surface area is 183 Å². The monoisotopic (exact) mass is 455 g/mol. The molecule has 154 valence electrons. The maximum Gasteiger partial charge on any atom is 0.279 e. The van der Waals surface area contributed by atoms with Gasteiger partial charge in [0.2, 0.25) is 0 Å². The number of carbonyl (C=O) groups excluding carboxylic acids is 2. The SMILES string of the molecule is Cc1cccc(OCC(=O)NC(=S)NNC(=O)C(C)Oc2ccc(Cl)cc2Cl)c1. The summed E-state index contributed by atoms with van der Waals surface area (Å²) in [6, 6.07) is 11.9. The molecule has 0 saturated heterocycles. The Morgan fingerprint density at radius 1 is 1.14 bits per heavy atom. The van der Waals surface area contributed by atoms with Crippen LogP contribution in [-0.4, -0.2) is 29.6 Å². The van der Waals surface area contributed by atoms with Crippen molar-refractivity contribution < 1.29 is 19.1 Å². The number of rotatable bonds is 6. The Hall–Kier alpha value is -2.55. The molecule has 0 fully saturated rings. The molecular weight excluding hydrogens is 437 g/mol. The summed E-state index contributed by atoms with van der Waals surface area (Å²) in [4.78, 5) is 24.0. The number of hydrogen-bond acceptors (Lipinski definition) is 5. The van der Waals surface area contributed by atoms with Crippen molar-refractivity contribution in [2.24, 2.45) is 0 Å². The van der Waals surface area contributed by atoms with Crippen LogP contribution in [0.3, 0.4) is 0 Å². The molecule has 2 rings (SSSR count). The molecule has 0 radical (unpaired) electrons. The largest absolute Gasteiger partial charge is 0.484 e. The number of hydrazine groups is 1. The van der Waals surface area contributed by atoms with Crippen molar-refractivity contribution in [3.05, 3.63) is 58.1 Å². The molecular formula is C19H19Cl2N3O4S. The topological polar surface area (TPSA) is 88.7 Å². The Balaban J connectivity index is 1.73. The van der Waals surface area contributed by atoms with Crippen LogP contribution in [0.2, 0.25) is 10.0 Å². The van der Waals surface area contributed by atoms with Crippen LogP contribution in [0.15, 0.2) is 42.5 Å². The number of nitrogens with one attached hydrogen (secondary N) is 3. The average molecular weight is 456 g/mol. The van der Waals surface area contributed by atoms with E-state index in [1.54, 1.807) is 24.3 Å². The molecule has 3 N–H and O–H groups in total. The van der Waals surface area contributed by atoms with Gasteiger partial charge in [0.05, 0.1) is 5.02 Å². The second-order valence-corrected chi connectivity index (χ2v) is 7.18. The lowest BCUT2D eigenvalue weighted by atomic mass is 10.2. The molecule has 2 aromatic rings. The second kappa shape index (κ2) is 10.8. The first-order valence-corrected chi connectivity index (χ1v) is 9.62. The number of amides is 2. The summed E-state index contributed by atoms with van der Waals surface area (Å²) in [5.74, 6) is -0.124. The van der Waals surface area contributed by atoms with Crippen LogP contribution in [0, 0.1) is 6.92 Å². The summed E-state index contributed by atoms with van der Waals surface area (Å²) in [6.45, 7) is 3.22. The first-order valence-electron chi connectivity index (χ1n) is 8.45. The third-order valence-corrected chi connectivity index (χ3v) is 4.21. The van der Waals surface area contributed by atoms with E-state index in [9.17, 15) is 9.59 Å². The zero-order valence-corrected chi connectivity index (χ0v) is 18.0. The molecule has 0 heterocycles. The number of halogens is 2. The molecule has 0 bridgehead atoms. The fourth-order valence-corrected chi connectivity index (χ4v) is 2.70. The van der Waals surface area contributed by atoms with E-state index in [2.05, 4.69) is 16.2 Å². The van der Waals surface area contributed by atoms with Gasteiger partial charge in [-0.15, -0.1) is 0 Å². The minimum absolute atomic E-state index is 0.0899. The summed E-state index contributed by atoms with van der Waals surface area (Å²) in [5, 5.41) is 3.03. The first-order chi connectivity index (χ1) is 13.7. The lowest BCUT2D eigenvalue weighted by Gasteiger charge is -2.17. The first kappa shape index (κ1) is 22.7. The lowest BCUT2D eigenvalue weighted by Crippen LogP contribution is -2.52. The lowest BCUT2D eigenvalue weighted by molar-refractivity contribution is -0.128. The normalized spacial score (nSPS) is 11.2. The molecule has 0 saturated carbocycles. The molecule has 10 heteroatoms. The number of aryl methyl sites for hydroxylation is 1. The van der Waals surface area contributed by atoms with Crippen molar-refractivity contribution in [2.75, 3.05) is 6.61 Å². The summed E-state index contributed by atoms with van der Waals surface area (Å²) in [5.41, 5.74) is 5.77. The van der Waals surface area contributed by atoms with E-state index in [-0.39, 0.29) is 16.7 Å². The quantitative estimate of drug-likeness (QED) is 0.457. The summed E-state index contributed by atoms with van der Waals surface area (Å²) in [6.07, 6.45) is -0.885. The van der Waals surface area contributed by atoms with E-state index in [4.69, 9.17) is 44.9 Å². The fourth-order valence-electron chi connectivity index (χ4n) is 2.08. The smallest absolute Gasteiger partial charge is 0.279 e. The maximum atomic E-state index is 12.1. The molecule has 2 aromatic carbocycles. The fraction of sp³-hybridized carbons (Fsp3) is 0.211. The molecule has 2 amide bonds. The Kier molecular flexibility index (Phi) is 8.50. The maximum absolute atomic E-state index is 12.1. The van der Waals surface area contributed by atoms with Crippen LogP contribution in [0.1, 0.15) is 12.5 Å². The van der Waals surface area contributed by atoms with Crippen LogP contribution in [-0.2, 0) is 9.59 Å². The molecule has 0 spiro atoms. The van der Waals surface area contributed by atoms with Gasteiger partial charge in [0.15, 0.2) is 17.8 Å². The van der Waals surface area contributed by atoms with Gasteiger partial charge in [-0.05, 0) is 62.0 Å². The second-order valence-electron chi connectivity index (χ2n) is 5.93. The van der Waals surface area contributed by atoms with Crippen LogP contribution >= 0.6 is 35.4 Å². The highest BCUT2D eigenvalue weighted by atomic mass is 35.5. The highest BCUT2D eigenvalue weighted by molar-refractivity contribution is 7.80. The number of benzene rings is 2. The van der Waals surface area contributed by atoms with Gasteiger partial charge in [0.1, 0.15) is 11.5 Å². The number of hydrogen-bond donors (Lipinski definition) is 3. The summed E-state index contributed by atoms with van der Waals surface area (Å²) < 4.78 is 10.8. The van der Waals surface area contributed by atoms with Crippen molar-refractivity contribution >= 4 is 52.3 Å². The Morgan fingerprint density at radius 2 is 1.90 bits per heavy atom. The number of ether oxygens (including phenoxy) is 2. The number of thiocarbonyl (C=S) groups is 1.